The number of benzene rings is 2. The lowest BCUT2D eigenvalue weighted by molar-refractivity contribution is 0.0594. The predicted octanol–water partition coefficient (Wildman–Crippen LogP) is 4.54. The third-order valence-electron chi connectivity index (χ3n) is 6.32. The van der Waals surface area contributed by atoms with Crippen molar-refractivity contribution in [1.82, 2.24) is 19.8 Å². The number of likely N-dealkylation sites (tertiary alicyclic amines) is 1. The van der Waals surface area contributed by atoms with E-state index in [1.54, 1.807) is 0 Å². The Hall–Kier alpha value is -3.15. The number of fused-ring (bicyclic) bond motifs is 2. The Kier molecular flexibility index (Phi) is 5.00. The number of rotatable bonds is 4. The predicted molar refractivity (Wildman–Crippen MR) is 120 cm³/mol. The molecule has 2 amide bonds. The summed E-state index contributed by atoms with van der Waals surface area (Å²) < 4.78 is 0. The van der Waals surface area contributed by atoms with Crippen molar-refractivity contribution < 1.29 is 9.59 Å². The molecule has 0 radical (unpaired) electrons. The monoisotopic (exact) mass is 416 g/mol. The van der Waals surface area contributed by atoms with Gasteiger partial charge in [-0.2, -0.15) is 0 Å². The van der Waals surface area contributed by atoms with Crippen LogP contribution < -0.4 is 0 Å². The van der Waals surface area contributed by atoms with Crippen molar-refractivity contribution in [1.29, 1.82) is 0 Å². The van der Waals surface area contributed by atoms with Gasteiger partial charge in [0.05, 0.1) is 28.2 Å². The Morgan fingerprint density at radius 3 is 2.81 bits per heavy atom. The summed E-state index contributed by atoms with van der Waals surface area (Å²) in [5, 5.41) is 0. The minimum Gasteiger partial charge on any atom is -0.340 e. The second-order valence-corrected chi connectivity index (χ2v) is 9.07. The summed E-state index contributed by atoms with van der Waals surface area (Å²) in [7, 11) is 0. The van der Waals surface area contributed by atoms with Gasteiger partial charge in [0, 0.05) is 19.6 Å². The summed E-state index contributed by atoms with van der Waals surface area (Å²) in [4.78, 5) is 38.8. The molecule has 1 N–H and O–H groups in total. The molecule has 5 rings (SSSR count). The summed E-state index contributed by atoms with van der Waals surface area (Å²) in [6.07, 6.45) is 2.89. The zero-order chi connectivity index (χ0) is 21.5. The maximum absolute atomic E-state index is 13.7. The molecule has 1 fully saturated rings. The van der Waals surface area contributed by atoms with E-state index in [4.69, 9.17) is 4.98 Å². The summed E-state index contributed by atoms with van der Waals surface area (Å²) in [6, 6.07) is 13.5. The molecule has 0 spiro atoms. The topological polar surface area (TPSA) is 69.3 Å². The van der Waals surface area contributed by atoms with Crippen LogP contribution in [0.1, 0.15) is 71.3 Å². The van der Waals surface area contributed by atoms with Crippen molar-refractivity contribution in [3.63, 3.8) is 0 Å². The number of para-hydroxylation sites is 2. The van der Waals surface area contributed by atoms with Gasteiger partial charge in [-0.3, -0.25) is 9.59 Å². The highest BCUT2D eigenvalue weighted by Crippen LogP contribution is 2.34. The molecular formula is C25H28N4O2. The number of aromatic amines is 1. The molecular weight excluding hydrogens is 388 g/mol. The molecule has 3 aromatic rings. The fourth-order valence-electron chi connectivity index (χ4n) is 4.93. The zero-order valence-electron chi connectivity index (χ0n) is 18.1. The van der Waals surface area contributed by atoms with Crippen molar-refractivity contribution >= 4 is 22.8 Å². The summed E-state index contributed by atoms with van der Waals surface area (Å²) in [5.41, 5.74) is 3.96. The molecule has 2 aliphatic rings. The lowest BCUT2D eigenvalue weighted by Gasteiger charge is -2.35. The number of aromatic nitrogens is 2. The maximum atomic E-state index is 13.7. The van der Waals surface area contributed by atoms with Crippen LogP contribution in [0.4, 0.5) is 0 Å². The Bertz CT molecular complexity index is 1120. The van der Waals surface area contributed by atoms with Gasteiger partial charge in [0.2, 0.25) is 0 Å². The zero-order valence-corrected chi connectivity index (χ0v) is 18.1. The molecule has 1 saturated heterocycles. The van der Waals surface area contributed by atoms with Crippen LogP contribution in [-0.4, -0.2) is 44.7 Å². The van der Waals surface area contributed by atoms with E-state index in [-0.39, 0.29) is 17.9 Å². The highest BCUT2D eigenvalue weighted by atomic mass is 16.2. The molecule has 1 atom stereocenters. The van der Waals surface area contributed by atoms with Gasteiger partial charge in [-0.05, 0) is 48.9 Å². The molecule has 6 nitrogen and oxygen atoms in total. The van der Waals surface area contributed by atoms with E-state index in [9.17, 15) is 9.59 Å². The van der Waals surface area contributed by atoms with Crippen LogP contribution in [0.15, 0.2) is 42.5 Å². The second kappa shape index (κ2) is 7.84. The van der Waals surface area contributed by atoms with E-state index in [2.05, 4.69) is 18.8 Å². The lowest BCUT2D eigenvalue weighted by atomic mass is 9.97. The van der Waals surface area contributed by atoms with Crippen molar-refractivity contribution in [3.05, 3.63) is 65.0 Å². The number of carbonyl (C=O) groups is 2. The van der Waals surface area contributed by atoms with Gasteiger partial charge < -0.3 is 14.8 Å². The Balaban J connectivity index is 1.48. The molecule has 0 bridgehead atoms. The highest BCUT2D eigenvalue weighted by Gasteiger charge is 2.36. The van der Waals surface area contributed by atoms with Crippen LogP contribution in [0.5, 0.6) is 0 Å². The molecule has 0 aliphatic carbocycles. The van der Waals surface area contributed by atoms with Gasteiger partial charge >= 0.3 is 0 Å². The molecule has 3 heterocycles. The minimum absolute atomic E-state index is 0.0232. The van der Waals surface area contributed by atoms with Crippen LogP contribution >= 0.6 is 0 Å². The van der Waals surface area contributed by atoms with E-state index >= 15 is 0 Å². The number of hydrogen-bond donors (Lipinski definition) is 1. The van der Waals surface area contributed by atoms with Crippen molar-refractivity contribution in [2.45, 2.75) is 45.7 Å². The number of hydrogen-bond acceptors (Lipinski definition) is 3. The van der Waals surface area contributed by atoms with Gasteiger partial charge in [0.25, 0.3) is 11.8 Å². The number of H-pyrrole nitrogens is 1. The minimum atomic E-state index is -0.104. The Labute approximate surface area is 182 Å². The Morgan fingerprint density at radius 1 is 1.16 bits per heavy atom. The second-order valence-electron chi connectivity index (χ2n) is 9.07. The quantitative estimate of drug-likeness (QED) is 0.679. The first-order valence-electron chi connectivity index (χ1n) is 11.2. The fraction of sp³-hybridized carbons (Fsp3) is 0.400. The first kappa shape index (κ1) is 19.8. The van der Waals surface area contributed by atoms with Crippen LogP contribution in [0, 0.1) is 5.92 Å². The third kappa shape index (κ3) is 3.50. The molecule has 31 heavy (non-hydrogen) atoms. The standard InChI is InChI=1S/C25H28N4O2/c1-16(2)14-28-15-17-8-7-9-18(22(17)25(28)31)24(30)29-13-6-5-12-21(29)23-26-19-10-3-4-11-20(19)27-23/h3-4,7-11,16,21H,5-6,12-15H2,1-2H3,(H,26,27). The first-order chi connectivity index (χ1) is 15.0. The molecule has 160 valence electrons. The molecule has 2 aliphatic heterocycles. The molecule has 0 saturated carbocycles. The van der Waals surface area contributed by atoms with E-state index in [1.807, 2.05) is 52.3 Å². The van der Waals surface area contributed by atoms with Gasteiger partial charge in [-0.1, -0.05) is 38.1 Å². The summed E-state index contributed by atoms with van der Waals surface area (Å²) in [6.45, 7) is 6.17. The van der Waals surface area contributed by atoms with Crippen LogP contribution in [0.25, 0.3) is 11.0 Å². The molecule has 6 heteroatoms. The van der Waals surface area contributed by atoms with Crippen molar-refractivity contribution in [3.8, 4) is 0 Å². The van der Waals surface area contributed by atoms with Crippen LogP contribution in [0.3, 0.4) is 0 Å². The number of nitrogens with zero attached hydrogens (tertiary/aromatic N) is 3. The fourth-order valence-corrected chi connectivity index (χ4v) is 4.93. The largest absolute Gasteiger partial charge is 0.340 e. The van der Waals surface area contributed by atoms with E-state index in [0.717, 1.165) is 41.7 Å². The smallest absolute Gasteiger partial charge is 0.255 e. The van der Waals surface area contributed by atoms with Gasteiger partial charge in [-0.15, -0.1) is 0 Å². The lowest BCUT2D eigenvalue weighted by Crippen LogP contribution is -2.39. The maximum Gasteiger partial charge on any atom is 0.255 e. The van der Waals surface area contributed by atoms with Crippen molar-refractivity contribution in [2.24, 2.45) is 5.92 Å². The SMILES string of the molecule is CC(C)CN1Cc2cccc(C(=O)N3CCCCC3c3nc4ccccc4[nH]3)c2C1=O. The molecule has 1 unspecified atom stereocenters. The average molecular weight is 417 g/mol. The number of carbonyl (C=O) groups excluding carboxylic acids is 2. The van der Waals surface area contributed by atoms with Gasteiger partial charge in [0.1, 0.15) is 5.82 Å². The number of piperidine rings is 1. The van der Waals surface area contributed by atoms with E-state index in [1.165, 1.54) is 0 Å². The normalized spacial score (nSPS) is 18.8. The Morgan fingerprint density at radius 2 is 2.00 bits per heavy atom. The van der Waals surface area contributed by atoms with Crippen molar-refractivity contribution in [2.75, 3.05) is 13.1 Å². The number of amides is 2. The average Bonchev–Trinajstić information content (AvgIpc) is 3.34. The van der Waals surface area contributed by atoms with E-state index < -0.39 is 0 Å². The third-order valence-corrected chi connectivity index (χ3v) is 6.32. The summed E-state index contributed by atoms with van der Waals surface area (Å²) in [5.74, 6) is 1.12. The van der Waals surface area contributed by atoms with Crippen LogP contribution in [0.2, 0.25) is 0 Å². The molecule has 2 aromatic carbocycles. The highest BCUT2D eigenvalue weighted by molar-refractivity contribution is 6.09. The molecule has 1 aromatic heterocycles. The van der Waals surface area contributed by atoms with Gasteiger partial charge in [-0.25, -0.2) is 4.98 Å². The first-order valence-corrected chi connectivity index (χ1v) is 11.2. The van der Waals surface area contributed by atoms with Crippen LogP contribution in [-0.2, 0) is 6.54 Å². The summed E-state index contributed by atoms with van der Waals surface area (Å²) >= 11 is 0. The number of imidazole rings is 1. The van der Waals surface area contributed by atoms with Gasteiger partial charge in [0.15, 0.2) is 0 Å². The van der Waals surface area contributed by atoms with E-state index in [0.29, 0.717) is 36.7 Å². The number of nitrogens with one attached hydrogen (secondary N) is 1.